The summed E-state index contributed by atoms with van der Waals surface area (Å²) in [5, 5.41) is 23.2. The summed E-state index contributed by atoms with van der Waals surface area (Å²) < 4.78 is 5.51. The van der Waals surface area contributed by atoms with E-state index in [-0.39, 0.29) is 18.5 Å². The van der Waals surface area contributed by atoms with Crippen LogP contribution in [0.2, 0.25) is 0 Å². The lowest BCUT2D eigenvalue weighted by Gasteiger charge is -2.20. The van der Waals surface area contributed by atoms with E-state index in [1.165, 1.54) is 398 Å². The Morgan fingerprint density at radius 3 is 0.807 bits per heavy atom. The fourth-order valence-electron chi connectivity index (χ4n) is 13.0. The number of carbonyl (C=O) groups excluding carboxylic acids is 2. The van der Waals surface area contributed by atoms with Crippen molar-refractivity contribution in [3.05, 3.63) is 24.3 Å². The van der Waals surface area contributed by atoms with Crippen LogP contribution in [0, 0.1) is 0 Å². The Labute approximate surface area is 551 Å². The van der Waals surface area contributed by atoms with E-state index in [1.54, 1.807) is 6.08 Å². The quantitative estimate of drug-likeness (QED) is 0.0320. The predicted octanol–water partition coefficient (Wildman–Crippen LogP) is 26.8. The second kappa shape index (κ2) is 77.8. The molecule has 522 valence electrons. The second-order valence-electron chi connectivity index (χ2n) is 28.1. The first-order valence-corrected chi connectivity index (χ1v) is 40.6. The molecule has 0 saturated carbocycles. The SMILES string of the molecule is CCCCCCCCCCCCCCCCCC/C=C/C(O)C(CO)NC(=O)CCCCCCCCCCCCCCCCCCC/C=C\CCCCCCCCCCCCCCCCCCOC(=O)CCCCCCCCCCCCCCCCCC. The third-order valence-corrected chi connectivity index (χ3v) is 19.2. The minimum Gasteiger partial charge on any atom is -0.466 e. The molecule has 88 heavy (non-hydrogen) atoms. The molecule has 0 aromatic carbocycles. The molecule has 0 radical (unpaired) electrons. The number of hydrogen-bond acceptors (Lipinski definition) is 5. The van der Waals surface area contributed by atoms with Crippen molar-refractivity contribution < 1.29 is 24.5 Å². The first kappa shape index (κ1) is 86.3. The Bertz CT molecular complexity index is 1380. The van der Waals surface area contributed by atoms with E-state index in [1.807, 2.05) is 6.08 Å². The number of unbranched alkanes of at least 4 members (excludes halogenated alkanes) is 64. The summed E-state index contributed by atoms with van der Waals surface area (Å²) in [6.45, 7) is 4.96. The van der Waals surface area contributed by atoms with Gasteiger partial charge in [-0.05, 0) is 57.8 Å². The smallest absolute Gasteiger partial charge is 0.305 e. The highest BCUT2D eigenvalue weighted by Crippen LogP contribution is 2.20. The summed E-state index contributed by atoms with van der Waals surface area (Å²) >= 11 is 0. The number of aliphatic hydroxyl groups is 2. The van der Waals surface area contributed by atoms with Crippen LogP contribution in [0.5, 0.6) is 0 Å². The Balaban J connectivity index is 3.33. The highest BCUT2D eigenvalue weighted by Gasteiger charge is 2.18. The number of allylic oxidation sites excluding steroid dienone is 3. The molecule has 0 heterocycles. The molecular weight excluding hydrogens is 1080 g/mol. The molecule has 0 aliphatic heterocycles. The molecule has 6 nitrogen and oxygen atoms in total. The molecule has 0 aromatic heterocycles. The molecule has 0 fully saturated rings. The fraction of sp³-hybridized carbons (Fsp3) is 0.927. The van der Waals surface area contributed by atoms with Gasteiger partial charge in [-0.2, -0.15) is 0 Å². The van der Waals surface area contributed by atoms with Crippen molar-refractivity contribution in [3.63, 3.8) is 0 Å². The van der Waals surface area contributed by atoms with Crippen LogP contribution in [0.15, 0.2) is 24.3 Å². The van der Waals surface area contributed by atoms with Gasteiger partial charge < -0.3 is 20.3 Å². The summed E-state index contributed by atoms with van der Waals surface area (Å²) in [6, 6.07) is -0.625. The molecule has 2 unspecified atom stereocenters. The summed E-state index contributed by atoms with van der Waals surface area (Å²) in [7, 11) is 0. The Morgan fingerprint density at radius 1 is 0.307 bits per heavy atom. The Hall–Kier alpha value is -1.66. The lowest BCUT2D eigenvalue weighted by atomic mass is 10.0. The average Bonchev–Trinajstić information content (AvgIpc) is 3.58. The van der Waals surface area contributed by atoms with E-state index >= 15 is 0 Å². The van der Waals surface area contributed by atoms with Gasteiger partial charge >= 0.3 is 5.97 Å². The van der Waals surface area contributed by atoms with Crippen LogP contribution in [0.25, 0.3) is 0 Å². The van der Waals surface area contributed by atoms with Crippen molar-refractivity contribution in [2.75, 3.05) is 13.2 Å². The van der Waals surface area contributed by atoms with Gasteiger partial charge in [-0.1, -0.05) is 417 Å². The fourth-order valence-corrected chi connectivity index (χ4v) is 13.0. The molecule has 0 aliphatic carbocycles. The van der Waals surface area contributed by atoms with Crippen LogP contribution in [-0.4, -0.2) is 47.4 Å². The molecule has 6 heteroatoms. The number of amides is 1. The molecule has 0 rings (SSSR count). The van der Waals surface area contributed by atoms with Gasteiger partial charge in [-0.3, -0.25) is 9.59 Å². The summed E-state index contributed by atoms with van der Waals surface area (Å²) in [5.41, 5.74) is 0. The van der Waals surface area contributed by atoms with Gasteiger partial charge in [0.05, 0.1) is 25.4 Å². The van der Waals surface area contributed by atoms with Crippen LogP contribution >= 0.6 is 0 Å². The third kappa shape index (κ3) is 73.4. The van der Waals surface area contributed by atoms with Gasteiger partial charge in [0.2, 0.25) is 5.91 Å². The van der Waals surface area contributed by atoms with Gasteiger partial charge in [0.1, 0.15) is 0 Å². The summed E-state index contributed by atoms with van der Waals surface area (Å²) in [5.74, 6) is -0.0341. The number of rotatable bonds is 77. The van der Waals surface area contributed by atoms with Crippen molar-refractivity contribution in [2.45, 2.75) is 475 Å². The first-order valence-electron chi connectivity index (χ1n) is 40.6. The number of hydrogen-bond donors (Lipinski definition) is 3. The highest BCUT2D eigenvalue weighted by atomic mass is 16.5. The number of ether oxygens (including phenoxy) is 1. The van der Waals surface area contributed by atoms with Crippen LogP contribution < -0.4 is 5.32 Å². The number of esters is 1. The van der Waals surface area contributed by atoms with Crippen LogP contribution in [0.1, 0.15) is 463 Å². The van der Waals surface area contributed by atoms with E-state index in [0.717, 1.165) is 38.5 Å². The maximum atomic E-state index is 12.5. The summed E-state index contributed by atoms with van der Waals surface area (Å²) in [6.07, 6.45) is 100. The number of aliphatic hydroxyl groups excluding tert-OH is 2. The largest absolute Gasteiger partial charge is 0.466 e. The van der Waals surface area contributed by atoms with Crippen molar-refractivity contribution in [3.8, 4) is 0 Å². The van der Waals surface area contributed by atoms with Crippen LogP contribution in [-0.2, 0) is 14.3 Å². The average molecular weight is 1240 g/mol. The van der Waals surface area contributed by atoms with Gasteiger partial charge in [-0.15, -0.1) is 0 Å². The van der Waals surface area contributed by atoms with Gasteiger partial charge in [0.15, 0.2) is 0 Å². The van der Waals surface area contributed by atoms with Crippen molar-refractivity contribution in [2.24, 2.45) is 0 Å². The lowest BCUT2D eigenvalue weighted by Crippen LogP contribution is -2.45. The van der Waals surface area contributed by atoms with E-state index in [2.05, 4.69) is 31.3 Å². The van der Waals surface area contributed by atoms with Crippen LogP contribution in [0.3, 0.4) is 0 Å². The zero-order valence-electron chi connectivity index (χ0n) is 60.0. The molecule has 0 bridgehead atoms. The standard InChI is InChI=1S/C82H159NO5/c1-3-5-7-9-11-13-15-17-19-21-43-46-50-54-58-62-66-70-74-80(85)79(78-84)83-81(86)75-71-67-63-59-55-51-47-44-41-39-37-35-33-31-29-27-25-23-22-24-26-28-30-32-34-36-38-40-42-45-49-53-57-61-65-69-73-77-88-82(87)76-72-68-64-60-56-52-48-20-18-16-14-12-10-8-6-4-2/h22,24,70,74,79-80,84-85H,3-21,23,25-69,71-73,75-78H2,1-2H3,(H,83,86)/b24-22-,74-70+. The van der Waals surface area contributed by atoms with Gasteiger partial charge in [0, 0.05) is 12.8 Å². The molecule has 2 atom stereocenters. The summed E-state index contributed by atoms with van der Waals surface area (Å²) in [4.78, 5) is 24.6. The van der Waals surface area contributed by atoms with E-state index in [0.29, 0.717) is 19.4 Å². The minimum atomic E-state index is -0.842. The zero-order chi connectivity index (χ0) is 63.5. The molecule has 0 aliphatic rings. The van der Waals surface area contributed by atoms with Crippen LogP contribution in [0.4, 0.5) is 0 Å². The van der Waals surface area contributed by atoms with Crippen molar-refractivity contribution in [1.29, 1.82) is 0 Å². The molecular formula is C82H159NO5. The maximum Gasteiger partial charge on any atom is 0.305 e. The Morgan fingerprint density at radius 2 is 0.534 bits per heavy atom. The maximum absolute atomic E-state index is 12.5. The number of carbonyl (C=O) groups is 2. The minimum absolute atomic E-state index is 0.0257. The van der Waals surface area contributed by atoms with E-state index < -0.39 is 12.1 Å². The topological polar surface area (TPSA) is 95.9 Å². The highest BCUT2D eigenvalue weighted by molar-refractivity contribution is 5.76. The molecule has 1 amide bonds. The number of nitrogens with one attached hydrogen (secondary N) is 1. The lowest BCUT2D eigenvalue weighted by molar-refractivity contribution is -0.143. The zero-order valence-corrected chi connectivity index (χ0v) is 60.0. The van der Waals surface area contributed by atoms with Crippen molar-refractivity contribution in [1.82, 2.24) is 5.32 Å². The second-order valence-corrected chi connectivity index (χ2v) is 28.1. The monoisotopic (exact) mass is 1240 g/mol. The molecule has 3 N–H and O–H groups in total. The predicted molar refractivity (Wildman–Crippen MR) is 389 cm³/mol. The molecule has 0 saturated heterocycles. The normalized spacial score (nSPS) is 12.5. The third-order valence-electron chi connectivity index (χ3n) is 19.2. The van der Waals surface area contributed by atoms with E-state index in [4.69, 9.17) is 4.74 Å². The first-order chi connectivity index (χ1) is 43.5. The van der Waals surface area contributed by atoms with E-state index in [9.17, 15) is 19.8 Å². The molecule has 0 spiro atoms. The van der Waals surface area contributed by atoms with Gasteiger partial charge in [0.25, 0.3) is 0 Å². The van der Waals surface area contributed by atoms with Gasteiger partial charge in [-0.25, -0.2) is 0 Å². The van der Waals surface area contributed by atoms with Crippen molar-refractivity contribution >= 4 is 11.9 Å². The Kier molecular flexibility index (Phi) is 76.3. The molecule has 0 aromatic rings.